The number of nitrogens with zero attached hydrogens (tertiary/aromatic N) is 1. The number of nitrogens with two attached hydrogens (primary N) is 1. The second kappa shape index (κ2) is 3.94. The monoisotopic (exact) mass is 224 g/mol. The zero-order valence-corrected chi connectivity index (χ0v) is 9.21. The molecule has 3 nitrogen and oxygen atoms in total. The first kappa shape index (κ1) is 9.90. The molecule has 0 amide bonds. The number of aliphatic imine (C=N–C) groups is 1. The molecule has 0 bridgehead atoms. The highest BCUT2D eigenvalue weighted by molar-refractivity contribution is 5.91. The van der Waals surface area contributed by atoms with Gasteiger partial charge >= 0.3 is 0 Å². The Morgan fingerprint density at radius 3 is 2.47 bits per heavy atom. The summed E-state index contributed by atoms with van der Waals surface area (Å²) in [6.45, 7) is 0. The average Bonchev–Trinajstić information content (AvgIpc) is 2.39. The highest BCUT2D eigenvalue weighted by atomic mass is 16.5. The van der Waals surface area contributed by atoms with Crippen LogP contribution >= 0.6 is 0 Å². The number of amidine groups is 1. The Balaban J connectivity index is 2.02. The zero-order valence-electron chi connectivity index (χ0n) is 9.21. The molecule has 0 radical (unpaired) electrons. The lowest BCUT2D eigenvalue weighted by molar-refractivity contribution is 0.268. The van der Waals surface area contributed by atoms with Gasteiger partial charge in [-0.2, -0.15) is 0 Å². The molecule has 0 aromatic heterocycles. The van der Waals surface area contributed by atoms with Crippen molar-refractivity contribution < 1.29 is 4.74 Å². The molecule has 0 saturated carbocycles. The highest BCUT2D eigenvalue weighted by Gasteiger charge is 2.23. The molecular formula is C14H12N2O. The van der Waals surface area contributed by atoms with E-state index in [1.807, 2.05) is 54.6 Å². The average molecular weight is 224 g/mol. The van der Waals surface area contributed by atoms with Crippen LogP contribution in [0.25, 0.3) is 0 Å². The molecule has 0 aliphatic carbocycles. The van der Waals surface area contributed by atoms with Crippen molar-refractivity contribution in [3.05, 3.63) is 60.2 Å². The van der Waals surface area contributed by atoms with Crippen LogP contribution in [-0.4, -0.2) is 5.84 Å². The van der Waals surface area contributed by atoms with E-state index >= 15 is 0 Å². The predicted molar refractivity (Wildman–Crippen MR) is 67.5 cm³/mol. The van der Waals surface area contributed by atoms with E-state index in [1.165, 1.54) is 0 Å². The predicted octanol–water partition coefficient (Wildman–Crippen LogP) is 2.81. The maximum absolute atomic E-state index is 5.95. The van der Waals surface area contributed by atoms with Gasteiger partial charge in [0.2, 0.25) is 0 Å². The number of para-hydroxylation sites is 2. The number of hydrogen-bond donors (Lipinski definition) is 1. The van der Waals surface area contributed by atoms with E-state index in [-0.39, 0.29) is 6.10 Å². The molecule has 3 rings (SSSR count). The Bertz CT molecular complexity index is 563. The highest BCUT2D eigenvalue weighted by Crippen LogP contribution is 2.35. The molecule has 2 aromatic carbocycles. The van der Waals surface area contributed by atoms with Crippen molar-refractivity contribution in [2.45, 2.75) is 6.10 Å². The van der Waals surface area contributed by atoms with Crippen molar-refractivity contribution in [2.75, 3.05) is 0 Å². The first-order valence-corrected chi connectivity index (χ1v) is 5.49. The number of rotatable bonds is 1. The fraction of sp³-hybridized carbons (Fsp3) is 0.0714. The van der Waals surface area contributed by atoms with Crippen LogP contribution in [0.1, 0.15) is 11.7 Å². The van der Waals surface area contributed by atoms with Crippen molar-refractivity contribution >= 4 is 11.5 Å². The number of ether oxygens (including phenoxy) is 1. The minimum atomic E-state index is -0.286. The van der Waals surface area contributed by atoms with Gasteiger partial charge < -0.3 is 10.5 Å². The second-order valence-corrected chi connectivity index (χ2v) is 3.91. The molecule has 0 saturated heterocycles. The van der Waals surface area contributed by atoms with Crippen LogP contribution in [0.3, 0.4) is 0 Å². The minimum Gasteiger partial charge on any atom is -0.476 e. The summed E-state index contributed by atoms with van der Waals surface area (Å²) in [5, 5.41) is 0. The van der Waals surface area contributed by atoms with Gasteiger partial charge in [0.1, 0.15) is 17.3 Å². The van der Waals surface area contributed by atoms with E-state index in [0.717, 1.165) is 17.0 Å². The minimum absolute atomic E-state index is 0.286. The molecule has 17 heavy (non-hydrogen) atoms. The normalized spacial score (nSPS) is 17.9. The molecule has 0 fully saturated rings. The van der Waals surface area contributed by atoms with E-state index in [9.17, 15) is 0 Å². The van der Waals surface area contributed by atoms with Gasteiger partial charge in [-0.3, -0.25) is 0 Å². The summed E-state index contributed by atoms with van der Waals surface area (Å²) in [6.07, 6.45) is -0.286. The van der Waals surface area contributed by atoms with Crippen LogP contribution < -0.4 is 10.5 Å². The van der Waals surface area contributed by atoms with E-state index in [2.05, 4.69) is 4.99 Å². The third-order valence-electron chi connectivity index (χ3n) is 2.73. The summed E-state index contributed by atoms with van der Waals surface area (Å²) in [4.78, 5) is 4.37. The van der Waals surface area contributed by atoms with Gasteiger partial charge in [0, 0.05) is 0 Å². The molecule has 0 spiro atoms. The summed E-state index contributed by atoms with van der Waals surface area (Å²) in [7, 11) is 0. The number of hydrogen-bond acceptors (Lipinski definition) is 3. The number of benzene rings is 2. The number of fused-ring (bicyclic) bond motifs is 1. The first-order chi connectivity index (χ1) is 8.34. The van der Waals surface area contributed by atoms with Crippen molar-refractivity contribution in [2.24, 2.45) is 10.7 Å². The Morgan fingerprint density at radius 2 is 1.65 bits per heavy atom. The quantitative estimate of drug-likeness (QED) is 0.809. The van der Waals surface area contributed by atoms with Crippen LogP contribution in [0.4, 0.5) is 5.69 Å². The van der Waals surface area contributed by atoms with E-state index in [4.69, 9.17) is 10.5 Å². The standard InChI is InChI=1S/C14H12N2O/c15-14-13(10-6-2-1-3-7-10)17-12-9-5-4-8-11(12)16-14/h1-9,13H,(H2,15,16). The van der Waals surface area contributed by atoms with Gasteiger partial charge in [-0.05, 0) is 17.7 Å². The van der Waals surface area contributed by atoms with Crippen molar-refractivity contribution in [1.29, 1.82) is 0 Å². The Hall–Kier alpha value is -2.29. The van der Waals surface area contributed by atoms with Crippen LogP contribution in [-0.2, 0) is 0 Å². The lowest BCUT2D eigenvalue weighted by Crippen LogP contribution is -2.28. The van der Waals surface area contributed by atoms with Crippen molar-refractivity contribution in [1.82, 2.24) is 0 Å². The van der Waals surface area contributed by atoms with Crippen LogP contribution in [0, 0.1) is 0 Å². The largest absolute Gasteiger partial charge is 0.476 e. The zero-order chi connectivity index (χ0) is 11.7. The molecule has 84 valence electrons. The summed E-state index contributed by atoms with van der Waals surface area (Å²) in [6, 6.07) is 17.5. The maximum Gasteiger partial charge on any atom is 0.181 e. The fourth-order valence-electron chi connectivity index (χ4n) is 1.90. The lowest BCUT2D eigenvalue weighted by atomic mass is 10.1. The Kier molecular flexibility index (Phi) is 2.29. The van der Waals surface area contributed by atoms with E-state index < -0.39 is 0 Å². The third kappa shape index (κ3) is 1.76. The third-order valence-corrected chi connectivity index (χ3v) is 2.73. The van der Waals surface area contributed by atoms with Crippen molar-refractivity contribution in [3.8, 4) is 5.75 Å². The van der Waals surface area contributed by atoms with Gasteiger partial charge in [0.05, 0.1) is 0 Å². The summed E-state index contributed by atoms with van der Waals surface area (Å²) in [5.74, 6) is 1.27. The van der Waals surface area contributed by atoms with Crippen molar-refractivity contribution in [3.63, 3.8) is 0 Å². The van der Waals surface area contributed by atoms with Crippen LogP contribution in [0.15, 0.2) is 59.6 Å². The Labute approximate surface area is 99.6 Å². The Morgan fingerprint density at radius 1 is 0.941 bits per heavy atom. The van der Waals surface area contributed by atoms with Gasteiger partial charge in [0.25, 0.3) is 0 Å². The summed E-state index contributed by atoms with van der Waals surface area (Å²) in [5.41, 5.74) is 7.76. The van der Waals surface area contributed by atoms with E-state index in [0.29, 0.717) is 5.84 Å². The summed E-state index contributed by atoms with van der Waals surface area (Å²) < 4.78 is 5.87. The summed E-state index contributed by atoms with van der Waals surface area (Å²) >= 11 is 0. The molecule has 1 atom stereocenters. The molecule has 1 aliphatic heterocycles. The fourth-order valence-corrected chi connectivity index (χ4v) is 1.90. The molecular weight excluding hydrogens is 212 g/mol. The molecule has 2 aromatic rings. The lowest BCUT2D eigenvalue weighted by Gasteiger charge is -2.24. The van der Waals surface area contributed by atoms with Gasteiger partial charge in [-0.25, -0.2) is 4.99 Å². The van der Waals surface area contributed by atoms with E-state index in [1.54, 1.807) is 0 Å². The van der Waals surface area contributed by atoms with Gasteiger partial charge in [-0.15, -0.1) is 0 Å². The molecule has 2 N–H and O–H groups in total. The van der Waals surface area contributed by atoms with Crippen LogP contribution in [0.2, 0.25) is 0 Å². The first-order valence-electron chi connectivity index (χ1n) is 5.49. The topological polar surface area (TPSA) is 47.6 Å². The van der Waals surface area contributed by atoms with Gasteiger partial charge in [-0.1, -0.05) is 42.5 Å². The molecule has 1 heterocycles. The molecule has 3 heteroatoms. The maximum atomic E-state index is 5.95. The smallest absolute Gasteiger partial charge is 0.181 e. The van der Waals surface area contributed by atoms with Gasteiger partial charge in [0.15, 0.2) is 6.10 Å². The second-order valence-electron chi connectivity index (χ2n) is 3.91. The molecule has 1 aliphatic rings. The van der Waals surface area contributed by atoms with Crippen LogP contribution in [0.5, 0.6) is 5.75 Å². The SMILES string of the molecule is NC1=Nc2ccccc2OC1c1ccccc1. The molecule has 1 unspecified atom stereocenters.